The molecule has 1 aromatic heterocycles. The van der Waals surface area contributed by atoms with E-state index >= 15 is 0 Å². The third-order valence-electron chi connectivity index (χ3n) is 4.34. The van der Waals surface area contributed by atoms with Crippen molar-refractivity contribution in [3.05, 3.63) is 52.8 Å². The standard InChI is InChI=1S/C17H19ClN4O2/c1-21-10-11(9-20-21)8-19-17(24)14-7-15(23)22(2)16(14)12-4-3-5-13(18)6-12/h3-6,9-10,14,16H,7-8H2,1-2H3,(H,19,24)/t14-,16-/m1/s1. The van der Waals surface area contributed by atoms with Gasteiger partial charge >= 0.3 is 0 Å². The van der Waals surface area contributed by atoms with Crippen molar-refractivity contribution in [3.63, 3.8) is 0 Å². The SMILES string of the molecule is CN1C(=O)C[C@@H](C(=O)NCc2cnn(C)c2)[C@H]1c1cccc(Cl)c1. The molecule has 0 saturated carbocycles. The Labute approximate surface area is 145 Å². The molecule has 2 aromatic rings. The molecular formula is C17H19ClN4O2. The first kappa shape index (κ1) is 16.5. The zero-order valence-corrected chi connectivity index (χ0v) is 14.3. The number of nitrogens with one attached hydrogen (secondary N) is 1. The van der Waals surface area contributed by atoms with Gasteiger partial charge in [-0.25, -0.2) is 0 Å². The number of aryl methyl sites for hydroxylation is 1. The Hall–Kier alpha value is -2.34. The van der Waals surface area contributed by atoms with Crippen LogP contribution in [0.3, 0.4) is 0 Å². The van der Waals surface area contributed by atoms with Gasteiger partial charge in [-0.1, -0.05) is 23.7 Å². The normalized spacial score (nSPS) is 20.5. The Morgan fingerprint density at radius 3 is 2.88 bits per heavy atom. The van der Waals surface area contributed by atoms with Crippen LogP contribution in [0, 0.1) is 5.92 Å². The maximum Gasteiger partial charge on any atom is 0.226 e. The fourth-order valence-electron chi connectivity index (χ4n) is 3.13. The van der Waals surface area contributed by atoms with E-state index in [2.05, 4.69) is 10.4 Å². The number of likely N-dealkylation sites (tertiary alicyclic amines) is 1. The van der Waals surface area contributed by atoms with E-state index in [-0.39, 0.29) is 24.3 Å². The molecule has 0 radical (unpaired) electrons. The third kappa shape index (κ3) is 3.28. The molecule has 0 spiro atoms. The number of carbonyl (C=O) groups excluding carboxylic acids is 2. The first-order valence-electron chi connectivity index (χ1n) is 7.72. The second kappa shape index (κ2) is 6.65. The molecule has 1 fully saturated rings. The Balaban J connectivity index is 1.76. The molecule has 3 rings (SSSR count). The van der Waals surface area contributed by atoms with Crippen LogP contribution in [-0.2, 0) is 23.2 Å². The fourth-order valence-corrected chi connectivity index (χ4v) is 3.33. The number of hydrogen-bond donors (Lipinski definition) is 1. The van der Waals surface area contributed by atoms with E-state index in [4.69, 9.17) is 11.6 Å². The highest BCUT2D eigenvalue weighted by molar-refractivity contribution is 6.30. The minimum absolute atomic E-state index is 0.0403. The lowest BCUT2D eigenvalue weighted by Crippen LogP contribution is -2.34. The van der Waals surface area contributed by atoms with Gasteiger partial charge in [-0.3, -0.25) is 14.3 Å². The van der Waals surface area contributed by atoms with Crippen LogP contribution in [-0.4, -0.2) is 33.5 Å². The number of carbonyl (C=O) groups is 2. The van der Waals surface area contributed by atoms with E-state index in [1.807, 2.05) is 31.4 Å². The molecule has 1 aliphatic heterocycles. The van der Waals surface area contributed by atoms with Gasteiger partial charge in [-0.2, -0.15) is 5.10 Å². The Kier molecular flexibility index (Phi) is 4.57. The van der Waals surface area contributed by atoms with Crippen LogP contribution in [0.5, 0.6) is 0 Å². The van der Waals surface area contributed by atoms with Crippen LogP contribution >= 0.6 is 11.6 Å². The summed E-state index contributed by atoms with van der Waals surface area (Å²) in [6.07, 6.45) is 3.76. The predicted octanol–water partition coefficient (Wildman–Crippen LogP) is 1.91. The number of nitrogens with zero attached hydrogens (tertiary/aromatic N) is 3. The second-order valence-corrected chi connectivity index (χ2v) is 6.49. The molecular weight excluding hydrogens is 328 g/mol. The van der Waals surface area contributed by atoms with Crippen molar-refractivity contribution in [1.82, 2.24) is 20.0 Å². The number of benzene rings is 1. The van der Waals surface area contributed by atoms with Gasteiger partial charge in [-0.15, -0.1) is 0 Å². The molecule has 2 heterocycles. The molecule has 7 heteroatoms. The van der Waals surface area contributed by atoms with Gasteiger partial charge in [0.1, 0.15) is 0 Å². The van der Waals surface area contributed by atoms with Crippen molar-refractivity contribution >= 4 is 23.4 Å². The van der Waals surface area contributed by atoms with Crippen LogP contribution in [0.4, 0.5) is 0 Å². The zero-order valence-electron chi connectivity index (χ0n) is 13.6. The van der Waals surface area contributed by atoms with Crippen molar-refractivity contribution in [2.45, 2.75) is 19.0 Å². The van der Waals surface area contributed by atoms with Crippen LogP contribution in [0.15, 0.2) is 36.7 Å². The van der Waals surface area contributed by atoms with Crippen molar-refractivity contribution < 1.29 is 9.59 Å². The number of aromatic nitrogens is 2. The van der Waals surface area contributed by atoms with Crippen molar-refractivity contribution in [3.8, 4) is 0 Å². The highest BCUT2D eigenvalue weighted by Crippen LogP contribution is 2.37. The fraction of sp³-hybridized carbons (Fsp3) is 0.353. The largest absolute Gasteiger partial charge is 0.352 e. The van der Waals surface area contributed by atoms with E-state index in [1.54, 1.807) is 28.9 Å². The molecule has 1 aromatic carbocycles. The summed E-state index contributed by atoms with van der Waals surface area (Å²) >= 11 is 6.06. The van der Waals surface area contributed by atoms with Crippen LogP contribution in [0.1, 0.15) is 23.6 Å². The lowest BCUT2D eigenvalue weighted by molar-refractivity contribution is -0.128. The van der Waals surface area contributed by atoms with Gasteiger partial charge < -0.3 is 10.2 Å². The monoisotopic (exact) mass is 346 g/mol. The molecule has 24 heavy (non-hydrogen) atoms. The average molecular weight is 347 g/mol. The van der Waals surface area contributed by atoms with E-state index < -0.39 is 5.92 Å². The van der Waals surface area contributed by atoms with Crippen LogP contribution < -0.4 is 5.32 Å². The van der Waals surface area contributed by atoms with Crippen LogP contribution in [0.2, 0.25) is 5.02 Å². The molecule has 2 amide bonds. The summed E-state index contributed by atoms with van der Waals surface area (Å²) in [7, 11) is 3.55. The lowest BCUT2D eigenvalue weighted by atomic mass is 9.93. The highest BCUT2D eigenvalue weighted by atomic mass is 35.5. The Morgan fingerprint density at radius 1 is 1.42 bits per heavy atom. The minimum atomic E-state index is -0.433. The summed E-state index contributed by atoms with van der Waals surface area (Å²) in [5.74, 6) is -0.610. The van der Waals surface area contributed by atoms with Gasteiger partial charge in [0.2, 0.25) is 11.8 Å². The Bertz CT molecular complexity index is 773. The smallest absolute Gasteiger partial charge is 0.226 e. The van der Waals surface area contributed by atoms with Crippen LogP contribution in [0.25, 0.3) is 0 Å². The van der Waals surface area contributed by atoms with E-state index in [0.29, 0.717) is 11.6 Å². The average Bonchev–Trinajstić information content (AvgIpc) is 3.09. The molecule has 6 nitrogen and oxygen atoms in total. The lowest BCUT2D eigenvalue weighted by Gasteiger charge is -2.25. The summed E-state index contributed by atoms with van der Waals surface area (Å²) in [5.41, 5.74) is 1.79. The summed E-state index contributed by atoms with van der Waals surface area (Å²) in [6.45, 7) is 0.392. The van der Waals surface area contributed by atoms with E-state index in [9.17, 15) is 9.59 Å². The van der Waals surface area contributed by atoms with Crippen molar-refractivity contribution in [1.29, 1.82) is 0 Å². The van der Waals surface area contributed by atoms with Gasteiger partial charge in [-0.05, 0) is 17.7 Å². The molecule has 1 aliphatic rings. The molecule has 2 atom stereocenters. The molecule has 0 aliphatic carbocycles. The topological polar surface area (TPSA) is 67.2 Å². The number of hydrogen-bond acceptors (Lipinski definition) is 3. The summed E-state index contributed by atoms with van der Waals surface area (Å²) < 4.78 is 1.68. The van der Waals surface area contributed by atoms with Crippen molar-refractivity contribution in [2.75, 3.05) is 7.05 Å². The number of amides is 2. The molecule has 0 bridgehead atoms. The molecule has 1 saturated heterocycles. The number of rotatable bonds is 4. The number of halogens is 1. The molecule has 0 unspecified atom stereocenters. The van der Waals surface area contributed by atoms with Gasteiger partial charge in [0.15, 0.2) is 0 Å². The second-order valence-electron chi connectivity index (χ2n) is 6.06. The van der Waals surface area contributed by atoms with Gasteiger partial charge in [0.25, 0.3) is 0 Å². The Morgan fingerprint density at radius 2 is 2.21 bits per heavy atom. The van der Waals surface area contributed by atoms with E-state index in [1.165, 1.54) is 0 Å². The highest BCUT2D eigenvalue weighted by Gasteiger charge is 2.42. The van der Waals surface area contributed by atoms with Gasteiger partial charge in [0, 0.05) is 43.8 Å². The van der Waals surface area contributed by atoms with E-state index in [0.717, 1.165) is 11.1 Å². The summed E-state index contributed by atoms with van der Waals surface area (Å²) in [5, 5.41) is 7.57. The first-order valence-corrected chi connectivity index (χ1v) is 8.10. The quantitative estimate of drug-likeness (QED) is 0.919. The molecule has 1 N–H and O–H groups in total. The maximum absolute atomic E-state index is 12.6. The zero-order chi connectivity index (χ0) is 17.3. The van der Waals surface area contributed by atoms with Crippen molar-refractivity contribution in [2.24, 2.45) is 13.0 Å². The first-order chi connectivity index (χ1) is 11.5. The third-order valence-corrected chi connectivity index (χ3v) is 4.57. The van der Waals surface area contributed by atoms with Gasteiger partial charge in [0.05, 0.1) is 18.2 Å². The molecule has 126 valence electrons. The minimum Gasteiger partial charge on any atom is -0.352 e. The summed E-state index contributed by atoms with van der Waals surface area (Å²) in [6, 6.07) is 7.01. The maximum atomic E-state index is 12.6. The predicted molar refractivity (Wildman–Crippen MR) is 90.1 cm³/mol. The summed E-state index contributed by atoms with van der Waals surface area (Å²) in [4.78, 5) is 26.4.